The summed E-state index contributed by atoms with van der Waals surface area (Å²) in [7, 11) is 0. The van der Waals surface area contributed by atoms with Crippen molar-refractivity contribution in [2.75, 3.05) is 42.9 Å². The molecule has 0 spiro atoms. The lowest BCUT2D eigenvalue weighted by Gasteiger charge is -2.35. The molecule has 5 rings (SSSR count). The van der Waals surface area contributed by atoms with Gasteiger partial charge in [0.15, 0.2) is 0 Å². The largest absolute Gasteiger partial charge is 0.369 e. The van der Waals surface area contributed by atoms with Crippen molar-refractivity contribution in [3.8, 4) is 0 Å². The molecule has 1 aliphatic heterocycles. The zero-order valence-electron chi connectivity index (χ0n) is 16.3. The number of nitrogens with zero attached hydrogens (tertiary/aromatic N) is 5. The van der Waals surface area contributed by atoms with Crippen LogP contribution in [0.25, 0.3) is 10.2 Å². The summed E-state index contributed by atoms with van der Waals surface area (Å²) in [5, 5.41) is 4.56. The minimum atomic E-state index is 0.194. The van der Waals surface area contributed by atoms with Crippen molar-refractivity contribution in [2.24, 2.45) is 0 Å². The van der Waals surface area contributed by atoms with Crippen LogP contribution in [0.4, 0.5) is 11.6 Å². The van der Waals surface area contributed by atoms with Crippen LogP contribution in [0, 0.1) is 0 Å². The molecule has 2 aliphatic rings. The second kappa shape index (κ2) is 7.94. The van der Waals surface area contributed by atoms with E-state index in [0.717, 1.165) is 55.5 Å². The maximum atomic E-state index is 12.7. The first-order valence-electron chi connectivity index (χ1n) is 10.2. The van der Waals surface area contributed by atoms with Gasteiger partial charge in [0.1, 0.15) is 22.8 Å². The maximum Gasteiger partial charge on any atom is 0.224 e. The molecule has 0 unspecified atom stereocenters. The quantitative estimate of drug-likeness (QED) is 0.700. The number of pyridine rings is 1. The standard InChI is InChI=1S/C21H24N6OS/c28-18(27-12-10-26(11-13-27)17-6-1-2-8-22-17)7-9-23-20-19-15-4-3-5-16(15)29-21(19)25-14-24-20/h1-2,6,8,14H,3-5,7,9-13H2,(H,23,24,25). The molecular weight excluding hydrogens is 384 g/mol. The smallest absolute Gasteiger partial charge is 0.224 e. The van der Waals surface area contributed by atoms with Gasteiger partial charge in [0.25, 0.3) is 0 Å². The van der Waals surface area contributed by atoms with Crippen molar-refractivity contribution in [2.45, 2.75) is 25.7 Å². The predicted molar refractivity (Wildman–Crippen MR) is 116 cm³/mol. The number of piperazine rings is 1. The molecule has 3 aromatic heterocycles. The summed E-state index contributed by atoms with van der Waals surface area (Å²) in [5.74, 6) is 2.05. The molecule has 0 saturated carbocycles. The fourth-order valence-corrected chi connectivity index (χ4v) is 5.46. The van der Waals surface area contributed by atoms with Crippen molar-refractivity contribution in [3.05, 3.63) is 41.2 Å². The van der Waals surface area contributed by atoms with E-state index in [1.165, 1.54) is 22.2 Å². The monoisotopic (exact) mass is 408 g/mol. The Bertz CT molecular complexity index is 1010. The highest BCUT2D eigenvalue weighted by atomic mass is 32.1. The van der Waals surface area contributed by atoms with E-state index >= 15 is 0 Å². The van der Waals surface area contributed by atoms with Gasteiger partial charge in [-0.25, -0.2) is 15.0 Å². The second-order valence-corrected chi connectivity index (χ2v) is 8.58. The molecule has 3 aromatic rings. The third-order valence-corrected chi connectivity index (χ3v) is 6.94. The molecule has 1 amide bonds. The number of aromatic nitrogens is 3. The normalized spacial score (nSPS) is 16.3. The van der Waals surface area contributed by atoms with Crippen LogP contribution in [-0.2, 0) is 17.6 Å². The zero-order valence-corrected chi connectivity index (χ0v) is 17.1. The number of hydrogen-bond acceptors (Lipinski definition) is 7. The third kappa shape index (κ3) is 3.64. The number of aryl methyl sites for hydroxylation is 2. The summed E-state index contributed by atoms with van der Waals surface area (Å²) in [6, 6.07) is 5.94. The van der Waals surface area contributed by atoms with E-state index in [9.17, 15) is 4.79 Å². The Kier molecular flexibility index (Phi) is 5.01. The highest BCUT2D eigenvalue weighted by molar-refractivity contribution is 7.19. The number of carbonyl (C=O) groups is 1. The molecule has 29 heavy (non-hydrogen) atoms. The second-order valence-electron chi connectivity index (χ2n) is 7.49. The van der Waals surface area contributed by atoms with E-state index in [0.29, 0.717) is 13.0 Å². The number of fused-ring (bicyclic) bond motifs is 3. The average Bonchev–Trinajstić information content (AvgIpc) is 3.36. The van der Waals surface area contributed by atoms with Gasteiger partial charge in [0.05, 0.1) is 5.39 Å². The number of carbonyl (C=O) groups excluding carboxylic acids is 1. The topological polar surface area (TPSA) is 74.2 Å². The number of amides is 1. The highest BCUT2D eigenvalue weighted by Crippen LogP contribution is 2.38. The minimum Gasteiger partial charge on any atom is -0.369 e. The molecule has 150 valence electrons. The van der Waals surface area contributed by atoms with E-state index in [1.807, 2.05) is 29.3 Å². The van der Waals surface area contributed by atoms with E-state index in [4.69, 9.17) is 0 Å². The van der Waals surface area contributed by atoms with Crippen LogP contribution in [0.5, 0.6) is 0 Å². The number of rotatable bonds is 5. The first kappa shape index (κ1) is 18.3. The lowest BCUT2D eigenvalue weighted by atomic mass is 10.2. The SMILES string of the molecule is O=C(CCNc1ncnc2sc3c(c12)CCC3)N1CCN(c2ccccn2)CC1. The van der Waals surface area contributed by atoms with E-state index in [2.05, 4.69) is 25.2 Å². The molecule has 1 aliphatic carbocycles. The van der Waals surface area contributed by atoms with Gasteiger partial charge in [-0.2, -0.15) is 0 Å². The molecule has 0 radical (unpaired) electrons. The van der Waals surface area contributed by atoms with Crippen LogP contribution in [-0.4, -0.2) is 58.5 Å². The number of thiophene rings is 1. The molecule has 0 aromatic carbocycles. The lowest BCUT2D eigenvalue weighted by Crippen LogP contribution is -2.49. The fraction of sp³-hybridized carbons (Fsp3) is 0.429. The molecule has 7 nitrogen and oxygen atoms in total. The first-order valence-corrected chi connectivity index (χ1v) is 11.0. The van der Waals surface area contributed by atoms with Crippen LogP contribution in [0.15, 0.2) is 30.7 Å². The van der Waals surface area contributed by atoms with Crippen LogP contribution in [0.1, 0.15) is 23.3 Å². The van der Waals surface area contributed by atoms with Crippen molar-refractivity contribution in [1.29, 1.82) is 0 Å². The lowest BCUT2D eigenvalue weighted by molar-refractivity contribution is -0.131. The Morgan fingerprint density at radius 1 is 1.10 bits per heavy atom. The van der Waals surface area contributed by atoms with Gasteiger partial charge in [-0.1, -0.05) is 6.07 Å². The molecule has 1 N–H and O–H groups in total. The van der Waals surface area contributed by atoms with Crippen LogP contribution in [0.3, 0.4) is 0 Å². The van der Waals surface area contributed by atoms with Crippen molar-refractivity contribution in [1.82, 2.24) is 19.9 Å². The van der Waals surface area contributed by atoms with Gasteiger partial charge in [-0.15, -0.1) is 11.3 Å². The van der Waals surface area contributed by atoms with Crippen LogP contribution >= 0.6 is 11.3 Å². The van der Waals surface area contributed by atoms with Crippen LogP contribution < -0.4 is 10.2 Å². The van der Waals surface area contributed by atoms with Gasteiger partial charge >= 0.3 is 0 Å². The molecule has 4 heterocycles. The van der Waals surface area contributed by atoms with Crippen LogP contribution in [0.2, 0.25) is 0 Å². The highest BCUT2D eigenvalue weighted by Gasteiger charge is 2.23. The summed E-state index contributed by atoms with van der Waals surface area (Å²) in [6.07, 6.45) is 7.38. The Morgan fingerprint density at radius 3 is 2.83 bits per heavy atom. The summed E-state index contributed by atoms with van der Waals surface area (Å²) in [5.41, 5.74) is 1.41. The van der Waals surface area contributed by atoms with Crippen molar-refractivity contribution >= 4 is 39.1 Å². The Morgan fingerprint density at radius 2 is 2.00 bits per heavy atom. The molecule has 1 saturated heterocycles. The maximum absolute atomic E-state index is 12.7. The van der Waals surface area contributed by atoms with Gasteiger partial charge in [-0.3, -0.25) is 4.79 Å². The zero-order chi connectivity index (χ0) is 19.6. The summed E-state index contributed by atoms with van der Waals surface area (Å²) >= 11 is 1.79. The minimum absolute atomic E-state index is 0.194. The Hall–Kier alpha value is -2.74. The van der Waals surface area contributed by atoms with E-state index in [1.54, 1.807) is 17.7 Å². The van der Waals surface area contributed by atoms with Gasteiger partial charge in [0, 0.05) is 50.2 Å². The van der Waals surface area contributed by atoms with Gasteiger partial charge in [-0.05, 0) is 37.0 Å². The predicted octanol–water partition coefficient (Wildman–Crippen LogP) is 2.73. The van der Waals surface area contributed by atoms with E-state index in [-0.39, 0.29) is 5.91 Å². The Balaban J connectivity index is 1.16. The number of hydrogen-bond donors (Lipinski definition) is 1. The van der Waals surface area contributed by atoms with E-state index < -0.39 is 0 Å². The number of nitrogens with one attached hydrogen (secondary N) is 1. The molecular formula is C21H24N6OS. The number of anilines is 2. The van der Waals surface area contributed by atoms with Gasteiger partial charge < -0.3 is 15.1 Å². The summed E-state index contributed by atoms with van der Waals surface area (Å²) < 4.78 is 0. The average molecular weight is 409 g/mol. The molecule has 0 bridgehead atoms. The third-order valence-electron chi connectivity index (χ3n) is 5.74. The summed E-state index contributed by atoms with van der Waals surface area (Å²) in [4.78, 5) is 32.6. The Labute approximate surface area is 173 Å². The van der Waals surface area contributed by atoms with Gasteiger partial charge in [0.2, 0.25) is 5.91 Å². The van der Waals surface area contributed by atoms with Crippen molar-refractivity contribution < 1.29 is 4.79 Å². The summed E-state index contributed by atoms with van der Waals surface area (Å²) in [6.45, 7) is 3.72. The fourth-order valence-electron chi connectivity index (χ4n) is 4.23. The first-order chi connectivity index (χ1) is 14.3. The molecule has 1 fully saturated rings. The molecule has 0 atom stereocenters. The molecule has 8 heteroatoms. The van der Waals surface area contributed by atoms with Crippen molar-refractivity contribution in [3.63, 3.8) is 0 Å².